The zero-order chi connectivity index (χ0) is 7.98. The van der Waals surface area contributed by atoms with Crippen LogP contribution in [0.2, 0.25) is 0 Å². The SMILES string of the molecule is C[C@@H](N)CCC[NH+]=C(N)N.[Cl-].[Cl-]. The second-order valence-electron chi connectivity index (χ2n) is 2.50. The predicted molar refractivity (Wildman–Crippen MR) is 42.1 cm³/mol. The van der Waals surface area contributed by atoms with E-state index < -0.39 is 0 Å². The Morgan fingerprint density at radius 2 is 1.83 bits per heavy atom. The highest BCUT2D eigenvalue weighted by molar-refractivity contribution is 5.69. The molecule has 0 saturated carbocycles. The minimum absolute atomic E-state index is 0. The van der Waals surface area contributed by atoms with Gasteiger partial charge >= 0.3 is 5.96 Å². The molecule has 0 heterocycles. The number of halogens is 2. The van der Waals surface area contributed by atoms with Crippen LogP contribution in [0.25, 0.3) is 0 Å². The number of hydrogen-bond donors (Lipinski definition) is 4. The summed E-state index contributed by atoms with van der Waals surface area (Å²) in [4.78, 5) is 2.82. The van der Waals surface area contributed by atoms with Crippen molar-refractivity contribution in [3.63, 3.8) is 0 Å². The van der Waals surface area contributed by atoms with Crippen LogP contribution >= 0.6 is 0 Å². The van der Waals surface area contributed by atoms with Crippen LogP contribution in [-0.4, -0.2) is 18.5 Å². The Morgan fingerprint density at radius 1 is 1.33 bits per heavy atom. The Hall–Kier alpha value is -0.190. The van der Waals surface area contributed by atoms with E-state index in [1.807, 2.05) is 6.92 Å². The van der Waals surface area contributed by atoms with Gasteiger partial charge in [-0.1, -0.05) is 0 Å². The first-order chi connectivity index (χ1) is 4.63. The standard InChI is InChI=1S/C6H16N4.2ClH/c1-5(7)3-2-4-10-6(8)9;;/h5H,2-4,7H2,1H3,(H4,8,9,10);2*1H/p-1/t5-;;/m1../s1. The van der Waals surface area contributed by atoms with Crippen molar-refractivity contribution in [3.05, 3.63) is 0 Å². The fourth-order valence-corrected chi connectivity index (χ4v) is 0.657. The molecule has 0 aliphatic carbocycles. The number of rotatable bonds is 4. The quantitative estimate of drug-likeness (QED) is 0.214. The fraction of sp³-hybridized carbons (Fsp3) is 0.833. The molecule has 6 heteroatoms. The third-order valence-corrected chi connectivity index (χ3v) is 1.17. The molecule has 0 aromatic heterocycles. The molecule has 0 unspecified atom stereocenters. The van der Waals surface area contributed by atoms with Crippen molar-refractivity contribution >= 4 is 5.96 Å². The van der Waals surface area contributed by atoms with Gasteiger partial charge in [-0.25, -0.2) is 0 Å². The van der Waals surface area contributed by atoms with E-state index in [1.54, 1.807) is 0 Å². The van der Waals surface area contributed by atoms with E-state index in [-0.39, 0.29) is 36.8 Å². The maximum absolute atomic E-state index is 5.51. The topological polar surface area (TPSA) is 92.0 Å². The van der Waals surface area contributed by atoms with E-state index in [4.69, 9.17) is 17.2 Å². The van der Waals surface area contributed by atoms with Gasteiger partial charge in [0.2, 0.25) is 0 Å². The molecule has 0 saturated heterocycles. The molecule has 0 spiro atoms. The molecule has 0 aliphatic heterocycles. The van der Waals surface area contributed by atoms with Crippen LogP contribution in [0.5, 0.6) is 0 Å². The monoisotopic (exact) mass is 215 g/mol. The van der Waals surface area contributed by atoms with Crippen LogP contribution in [0, 0.1) is 0 Å². The van der Waals surface area contributed by atoms with E-state index in [2.05, 4.69) is 4.99 Å². The number of nitrogens with one attached hydrogen (secondary N) is 1. The molecule has 0 aromatic carbocycles. The van der Waals surface area contributed by atoms with Crippen LogP contribution in [0.4, 0.5) is 0 Å². The first kappa shape index (κ1) is 17.8. The van der Waals surface area contributed by atoms with E-state index in [9.17, 15) is 0 Å². The average Bonchev–Trinajstić information content (AvgIpc) is 1.79. The van der Waals surface area contributed by atoms with Crippen molar-refractivity contribution in [2.45, 2.75) is 25.8 Å². The second-order valence-corrected chi connectivity index (χ2v) is 2.50. The highest BCUT2D eigenvalue weighted by atomic mass is 35.5. The van der Waals surface area contributed by atoms with Crippen LogP contribution in [0.3, 0.4) is 0 Å². The Labute approximate surface area is 85.8 Å². The van der Waals surface area contributed by atoms with Crippen molar-refractivity contribution in [2.75, 3.05) is 6.54 Å². The van der Waals surface area contributed by atoms with Gasteiger partial charge in [0.05, 0.1) is 6.54 Å². The summed E-state index contributed by atoms with van der Waals surface area (Å²) in [6.07, 6.45) is 2.01. The number of nitrogens with two attached hydrogens (primary N) is 3. The maximum atomic E-state index is 5.51. The molecule has 12 heavy (non-hydrogen) atoms. The van der Waals surface area contributed by atoms with Gasteiger partial charge in [0, 0.05) is 6.04 Å². The Morgan fingerprint density at radius 3 is 2.17 bits per heavy atom. The molecular weight excluding hydrogens is 199 g/mol. The molecule has 0 aromatic rings. The van der Waals surface area contributed by atoms with Crippen LogP contribution in [-0.2, 0) is 0 Å². The molecule has 0 fully saturated rings. The molecule has 4 nitrogen and oxygen atoms in total. The summed E-state index contributed by atoms with van der Waals surface area (Å²) in [5, 5.41) is 0. The average molecular weight is 216 g/mol. The molecule has 0 rings (SSSR count). The van der Waals surface area contributed by atoms with Crippen molar-refractivity contribution in [1.29, 1.82) is 0 Å². The minimum Gasteiger partial charge on any atom is -1.00 e. The molecular formula is C6H17Cl2N4-. The lowest BCUT2D eigenvalue weighted by Crippen LogP contribution is -3.00. The van der Waals surface area contributed by atoms with Crippen molar-refractivity contribution < 1.29 is 29.8 Å². The van der Waals surface area contributed by atoms with E-state index in [0.717, 1.165) is 19.4 Å². The third-order valence-electron chi connectivity index (χ3n) is 1.17. The molecule has 0 radical (unpaired) electrons. The van der Waals surface area contributed by atoms with Gasteiger partial charge in [-0.2, -0.15) is 0 Å². The van der Waals surface area contributed by atoms with Crippen LogP contribution in [0.1, 0.15) is 19.8 Å². The lowest BCUT2D eigenvalue weighted by molar-refractivity contribution is -0.459. The minimum atomic E-state index is 0. The lowest BCUT2D eigenvalue weighted by atomic mass is 10.2. The first-order valence-electron chi connectivity index (χ1n) is 3.50. The normalized spacial score (nSPS) is 10.5. The molecule has 0 bridgehead atoms. The van der Waals surface area contributed by atoms with E-state index in [1.165, 1.54) is 0 Å². The summed E-state index contributed by atoms with van der Waals surface area (Å²) in [5.74, 6) is 0.282. The summed E-state index contributed by atoms with van der Waals surface area (Å²) in [5.41, 5.74) is 15.8. The summed E-state index contributed by atoms with van der Waals surface area (Å²) in [6.45, 7) is 2.79. The number of guanidine groups is 1. The molecule has 1 atom stereocenters. The van der Waals surface area contributed by atoms with Crippen molar-refractivity contribution in [2.24, 2.45) is 17.2 Å². The fourth-order valence-electron chi connectivity index (χ4n) is 0.657. The zero-order valence-corrected chi connectivity index (χ0v) is 8.70. The zero-order valence-electron chi connectivity index (χ0n) is 7.19. The van der Waals surface area contributed by atoms with Gasteiger partial charge in [-0.3, -0.25) is 16.5 Å². The molecule has 7 N–H and O–H groups in total. The summed E-state index contributed by atoms with van der Waals surface area (Å²) >= 11 is 0. The van der Waals surface area contributed by atoms with Crippen LogP contribution < -0.4 is 47.0 Å². The maximum Gasteiger partial charge on any atom is 0.338 e. The third kappa shape index (κ3) is 16.4. The second kappa shape index (κ2) is 10.8. The van der Waals surface area contributed by atoms with Crippen LogP contribution in [0.15, 0.2) is 0 Å². The highest BCUT2D eigenvalue weighted by Crippen LogP contribution is 1.87. The van der Waals surface area contributed by atoms with Gasteiger partial charge < -0.3 is 30.5 Å². The molecule has 0 aliphatic rings. The Balaban J connectivity index is -0.000000405. The molecule has 76 valence electrons. The Bertz CT molecular complexity index is 112. The van der Waals surface area contributed by atoms with Crippen molar-refractivity contribution in [1.82, 2.24) is 0 Å². The van der Waals surface area contributed by atoms with Gasteiger partial charge in [0.1, 0.15) is 0 Å². The molecule has 0 amide bonds. The summed E-state index contributed by atoms with van der Waals surface area (Å²) in [7, 11) is 0. The summed E-state index contributed by atoms with van der Waals surface area (Å²) in [6, 6.07) is 0.265. The summed E-state index contributed by atoms with van der Waals surface area (Å²) < 4.78 is 0. The van der Waals surface area contributed by atoms with Gasteiger partial charge in [-0.05, 0) is 19.8 Å². The largest absolute Gasteiger partial charge is 1.00 e. The Kier molecular flexibility index (Phi) is 16.0. The van der Waals surface area contributed by atoms with Gasteiger partial charge in [0.25, 0.3) is 0 Å². The van der Waals surface area contributed by atoms with E-state index >= 15 is 0 Å². The highest BCUT2D eigenvalue weighted by Gasteiger charge is 1.93. The first-order valence-corrected chi connectivity index (χ1v) is 3.50. The smallest absolute Gasteiger partial charge is 0.338 e. The lowest BCUT2D eigenvalue weighted by Gasteiger charge is -2.00. The number of hydrogen-bond acceptors (Lipinski definition) is 1. The van der Waals surface area contributed by atoms with Crippen molar-refractivity contribution in [3.8, 4) is 0 Å². The van der Waals surface area contributed by atoms with Gasteiger partial charge in [0.15, 0.2) is 0 Å². The van der Waals surface area contributed by atoms with Gasteiger partial charge in [-0.15, -0.1) is 0 Å². The van der Waals surface area contributed by atoms with E-state index in [0.29, 0.717) is 0 Å². The predicted octanol–water partition coefficient (Wildman–Crippen LogP) is -8.52.